The molecule has 0 bridgehead atoms. The average molecular weight is 318 g/mol. The second-order valence-corrected chi connectivity index (χ2v) is 8.36. The number of unbranched alkanes of at least 4 members (excludes halogenated alkanes) is 2. The van der Waals surface area contributed by atoms with Gasteiger partial charge >= 0.3 is 14.8 Å². The molecule has 0 fully saturated rings. The van der Waals surface area contributed by atoms with Crippen molar-refractivity contribution in [1.82, 2.24) is 0 Å². The molecular formula is C15H30O5Si. The Balaban J connectivity index is 4.64. The van der Waals surface area contributed by atoms with Crippen molar-refractivity contribution in [3.8, 4) is 0 Å². The first-order valence-corrected chi connectivity index (χ1v) is 9.25. The number of hydrogen-bond donors (Lipinski definition) is 0. The lowest BCUT2D eigenvalue weighted by molar-refractivity contribution is -0.139. The van der Waals surface area contributed by atoms with Gasteiger partial charge in [-0.05, 0) is 19.8 Å². The second-order valence-electron chi connectivity index (χ2n) is 5.11. The van der Waals surface area contributed by atoms with E-state index in [2.05, 4.69) is 13.5 Å². The summed E-state index contributed by atoms with van der Waals surface area (Å²) in [6.07, 6.45) is 5.01. The minimum atomic E-state index is -2.71. The molecule has 21 heavy (non-hydrogen) atoms. The molecule has 0 N–H and O–H groups in total. The minimum absolute atomic E-state index is 0.127. The Morgan fingerprint density at radius 2 is 1.67 bits per heavy atom. The van der Waals surface area contributed by atoms with Crippen molar-refractivity contribution in [2.75, 3.05) is 27.9 Å². The predicted molar refractivity (Wildman–Crippen MR) is 85.1 cm³/mol. The molecule has 0 aliphatic rings. The molecule has 0 aromatic heterocycles. The van der Waals surface area contributed by atoms with E-state index in [1.807, 2.05) is 0 Å². The normalized spacial score (nSPS) is 13.0. The van der Waals surface area contributed by atoms with E-state index >= 15 is 0 Å². The van der Waals surface area contributed by atoms with Crippen LogP contribution in [0.4, 0.5) is 0 Å². The number of ether oxygens (including phenoxy) is 1. The standard InChI is InChI=1S/C15H30O5Si/c1-7-8-9-10-14(21(17-4,18-5)19-6)11-12-20-15(16)13(2)3/h14H,2,7-12H2,1,3-6H3. The van der Waals surface area contributed by atoms with Gasteiger partial charge in [0, 0.05) is 32.4 Å². The van der Waals surface area contributed by atoms with Crippen LogP contribution in [0, 0.1) is 0 Å². The van der Waals surface area contributed by atoms with Crippen molar-refractivity contribution in [1.29, 1.82) is 0 Å². The molecule has 0 saturated carbocycles. The Labute approximate surface area is 130 Å². The van der Waals surface area contributed by atoms with Crippen molar-refractivity contribution in [3.63, 3.8) is 0 Å². The van der Waals surface area contributed by atoms with Gasteiger partial charge in [-0.15, -0.1) is 0 Å². The SMILES string of the molecule is C=C(C)C(=O)OCCC(CCCCC)[Si](OC)(OC)OC. The van der Waals surface area contributed by atoms with Crippen LogP contribution < -0.4 is 0 Å². The number of rotatable bonds is 12. The Kier molecular flexibility index (Phi) is 10.6. The van der Waals surface area contributed by atoms with E-state index in [-0.39, 0.29) is 11.5 Å². The highest BCUT2D eigenvalue weighted by atomic mass is 28.4. The van der Waals surface area contributed by atoms with Crippen LogP contribution in [0.15, 0.2) is 12.2 Å². The fourth-order valence-electron chi connectivity index (χ4n) is 2.31. The third-order valence-electron chi connectivity index (χ3n) is 3.56. The third kappa shape index (κ3) is 6.73. The molecule has 1 unspecified atom stereocenters. The summed E-state index contributed by atoms with van der Waals surface area (Å²) in [4.78, 5) is 11.4. The van der Waals surface area contributed by atoms with Crippen LogP contribution in [-0.4, -0.2) is 42.7 Å². The van der Waals surface area contributed by atoms with E-state index in [9.17, 15) is 4.79 Å². The first-order chi connectivity index (χ1) is 9.97. The maximum absolute atomic E-state index is 11.4. The van der Waals surface area contributed by atoms with E-state index in [0.29, 0.717) is 18.6 Å². The zero-order chi connectivity index (χ0) is 16.3. The topological polar surface area (TPSA) is 54.0 Å². The molecule has 0 amide bonds. The molecule has 6 heteroatoms. The minimum Gasteiger partial charge on any atom is -0.462 e. The molecule has 0 rings (SSSR count). The molecule has 0 aliphatic heterocycles. The van der Waals surface area contributed by atoms with Crippen molar-refractivity contribution < 1.29 is 22.8 Å². The van der Waals surface area contributed by atoms with Gasteiger partial charge in [-0.1, -0.05) is 32.8 Å². The fourth-order valence-corrected chi connectivity index (χ4v) is 4.83. The Bertz CT molecular complexity index is 307. The second kappa shape index (κ2) is 11.0. The lowest BCUT2D eigenvalue weighted by Gasteiger charge is -2.32. The van der Waals surface area contributed by atoms with Crippen molar-refractivity contribution in [3.05, 3.63) is 12.2 Å². The Hall–Kier alpha value is -0.693. The van der Waals surface area contributed by atoms with Crippen LogP contribution >= 0.6 is 0 Å². The van der Waals surface area contributed by atoms with Crippen LogP contribution in [0.1, 0.15) is 46.0 Å². The van der Waals surface area contributed by atoms with Crippen molar-refractivity contribution in [2.24, 2.45) is 0 Å². The van der Waals surface area contributed by atoms with Gasteiger partial charge in [0.05, 0.1) is 6.61 Å². The quantitative estimate of drug-likeness (QED) is 0.239. The zero-order valence-corrected chi connectivity index (χ0v) is 15.1. The molecule has 0 heterocycles. The van der Waals surface area contributed by atoms with Gasteiger partial charge in [0.2, 0.25) is 0 Å². The maximum Gasteiger partial charge on any atom is 0.503 e. The Morgan fingerprint density at radius 1 is 1.10 bits per heavy atom. The lowest BCUT2D eigenvalue weighted by Crippen LogP contribution is -2.48. The summed E-state index contributed by atoms with van der Waals surface area (Å²) in [5.41, 5.74) is 0.535. The first kappa shape index (κ1) is 20.3. The summed E-state index contributed by atoms with van der Waals surface area (Å²) < 4.78 is 21.9. The van der Waals surface area contributed by atoms with Gasteiger partial charge in [0.1, 0.15) is 0 Å². The van der Waals surface area contributed by atoms with E-state index < -0.39 is 8.80 Å². The highest BCUT2D eigenvalue weighted by Crippen LogP contribution is 2.32. The highest BCUT2D eigenvalue weighted by molar-refractivity contribution is 6.62. The fraction of sp³-hybridized carbons (Fsp3) is 0.800. The average Bonchev–Trinajstić information content (AvgIpc) is 2.48. The summed E-state index contributed by atoms with van der Waals surface area (Å²) >= 11 is 0. The van der Waals surface area contributed by atoms with Crippen LogP contribution in [0.2, 0.25) is 5.54 Å². The summed E-state index contributed by atoms with van der Waals surface area (Å²) in [7, 11) is 2.14. The molecule has 0 radical (unpaired) electrons. The molecule has 1 atom stereocenters. The van der Waals surface area contributed by atoms with Gasteiger partial charge < -0.3 is 18.0 Å². The first-order valence-electron chi connectivity index (χ1n) is 7.45. The predicted octanol–water partition coefficient (Wildman–Crippen LogP) is 3.32. The summed E-state index contributed by atoms with van der Waals surface area (Å²) in [6.45, 7) is 7.70. The van der Waals surface area contributed by atoms with E-state index in [0.717, 1.165) is 25.7 Å². The van der Waals surface area contributed by atoms with Crippen molar-refractivity contribution in [2.45, 2.75) is 51.5 Å². The molecule has 0 aliphatic carbocycles. The molecular weight excluding hydrogens is 288 g/mol. The summed E-state index contributed by atoms with van der Waals surface area (Å²) in [5.74, 6) is -0.359. The molecule has 5 nitrogen and oxygen atoms in total. The highest BCUT2D eigenvalue weighted by Gasteiger charge is 2.46. The molecule has 124 valence electrons. The third-order valence-corrected chi connectivity index (χ3v) is 6.84. The van der Waals surface area contributed by atoms with E-state index in [1.54, 1.807) is 28.3 Å². The van der Waals surface area contributed by atoms with Crippen LogP contribution in [0.25, 0.3) is 0 Å². The van der Waals surface area contributed by atoms with Crippen LogP contribution in [0.5, 0.6) is 0 Å². The number of carbonyl (C=O) groups excluding carboxylic acids is 1. The largest absolute Gasteiger partial charge is 0.503 e. The van der Waals surface area contributed by atoms with Gasteiger partial charge in [-0.2, -0.15) is 0 Å². The van der Waals surface area contributed by atoms with Gasteiger partial charge in [-0.3, -0.25) is 0 Å². The zero-order valence-electron chi connectivity index (χ0n) is 14.1. The van der Waals surface area contributed by atoms with E-state index in [4.69, 9.17) is 18.0 Å². The molecule has 0 aromatic carbocycles. The van der Waals surface area contributed by atoms with Crippen LogP contribution in [0.3, 0.4) is 0 Å². The van der Waals surface area contributed by atoms with Crippen molar-refractivity contribution >= 4 is 14.8 Å². The molecule has 0 saturated heterocycles. The monoisotopic (exact) mass is 318 g/mol. The van der Waals surface area contributed by atoms with E-state index in [1.165, 1.54) is 0 Å². The van der Waals surface area contributed by atoms with Gasteiger partial charge in [0.25, 0.3) is 0 Å². The molecule has 0 spiro atoms. The number of esters is 1. The van der Waals surface area contributed by atoms with Gasteiger partial charge in [-0.25, -0.2) is 4.79 Å². The maximum atomic E-state index is 11.4. The van der Waals surface area contributed by atoms with Gasteiger partial charge in [0.15, 0.2) is 0 Å². The summed E-state index contributed by atoms with van der Waals surface area (Å²) in [6, 6.07) is 0. The number of carbonyl (C=O) groups is 1. The van der Waals surface area contributed by atoms with Crippen LogP contribution in [-0.2, 0) is 22.8 Å². The molecule has 0 aromatic rings. The smallest absolute Gasteiger partial charge is 0.462 e. The summed E-state index contributed by atoms with van der Waals surface area (Å²) in [5, 5.41) is 0. The Morgan fingerprint density at radius 3 is 2.10 bits per heavy atom. The number of hydrogen-bond acceptors (Lipinski definition) is 5. The lowest BCUT2D eigenvalue weighted by atomic mass is 10.1.